The third-order valence-electron chi connectivity index (χ3n) is 4.96. The molecule has 0 saturated heterocycles. The number of nitrogens with one attached hydrogen (secondary N) is 1. The maximum Gasteiger partial charge on any atom is 0.222 e. The second kappa shape index (κ2) is 7.31. The molecule has 26 heavy (non-hydrogen) atoms. The lowest BCUT2D eigenvalue weighted by Crippen LogP contribution is -2.35. The van der Waals surface area contributed by atoms with Gasteiger partial charge in [0, 0.05) is 28.8 Å². The topological polar surface area (TPSA) is 72.8 Å². The number of carbonyl (C=O) groups is 1. The Balaban J connectivity index is 1.46. The van der Waals surface area contributed by atoms with E-state index in [0.717, 1.165) is 11.4 Å². The van der Waals surface area contributed by atoms with Crippen molar-refractivity contribution < 1.29 is 15.0 Å². The maximum absolute atomic E-state index is 12.4. The molecule has 6 heteroatoms. The minimum atomic E-state index is -0.738. The largest absolute Gasteiger partial charge is 0.390 e. The molecule has 4 rings (SSSR count). The van der Waals surface area contributed by atoms with Crippen molar-refractivity contribution in [1.29, 1.82) is 0 Å². The summed E-state index contributed by atoms with van der Waals surface area (Å²) in [5.41, 5.74) is 2.24. The second-order valence-corrected chi connectivity index (χ2v) is 7.89. The van der Waals surface area contributed by atoms with Crippen LogP contribution in [0.25, 0.3) is 0 Å². The van der Waals surface area contributed by atoms with Crippen LogP contribution in [0.3, 0.4) is 0 Å². The lowest BCUT2D eigenvalue weighted by Gasteiger charge is -2.32. The van der Waals surface area contributed by atoms with E-state index in [1.807, 2.05) is 24.3 Å². The normalized spacial score (nSPS) is 24.1. The number of amides is 1. The summed E-state index contributed by atoms with van der Waals surface area (Å²) in [6.07, 6.45) is -0.287. The van der Waals surface area contributed by atoms with Gasteiger partial charge in [-0.15, -0.1) is 0 Å². The quantitative estimate of drug-likeness (QED) is 0.772. The summed E-state index contributed by atoms with van der Waals surface area (Å²) in [6.45, 7) is 0.582. The molecule has 0 spiro atoms. The Morgan fingerprint density at radius 1 is 1.00 bits per heavy atom. The van der Waals surface area contributed by atoms with E-state index in [-0.39, 0.29) is 11.9 Å². The van der Waals surface area contributed by atoms with E-state index in [4.69, 9.17) is 0 Å². The van der Waals surface area contributed by atoms with Crippen molar-refractivity contribution in [3.63, 3.8) is 0 Å². The second-order valence-electron chi connectivity index (χ2n) is 6.81. The zero-order chi connectivity index (χ0) is 18.1. The summed E-state index contributed by atoms with van der Waals surface area (Å²) in [5.74, 6) is -0.0514. The molecule has 0 bridgehead atoms. The van der Waals surface area contributed by atoms with Gasteiger partial charge in [0.1, 0.15) is 0 Å². The van der Waals surface area contributed by atoms with Gasteiger partial charge < -0.3 is 20.4 Å². The van der Waals surface area contributed by atoms with Gasteiger partial charge >= 0.3 is 0 Å². The molecule has 1 aliphatic carbocycles. The van der Waals surface area contributed by atoms with Crippen LogP contribution in [0.1, 0.15) is 19.3 Å². The van der Waals surface area contributed by atoms with Gasteiger partial charge in [-0.05, 0) is 37.1 Å². The first-order valence-electron chi connectivity index (χ1n) is 8.91. The molecule has 5 nitrogen and oxygen atoms in total. The van der Waals surface area contributed by atoms with Gasteiger partial charge in [-0.3, -0.25) is 4.79 Å². The van der Waals surface area contributed by atoms with Crippen LogP contribution in [0.15, 0.2) is 58.3 Å². The van der Waals surface area contributed by atoms with Crippen molar-refractivity contribution >= 4 is 29.0 Å². The van der Waals surface area contributed by atoms with Crippen LogP contribution in [0.4, 0.5) is 11.4 Å². The molecule has 1 fully saturated rings. The molecule has 136 valence electrons. The molecular formula is C20H22N2O3S. The molecule has 2 aromatic rings. The van der Waals surface area contributed by atoms with Crippen molar-refractivity contribution in [2.45, 2.75) is 47.3 Å². The highest BCUT2D eigenvalue weighted by Crippen LogP contribution is 2.47. The van der Waals surface area contributed by atoms with Crippen LogP contribution >= 0.6 is 11.8 Å². The first-order valence-corrected chi connectivity index (χ1v) is 9.72. The molecule has 1 aliphatic heterocycles. The average molecular weight is 370 g/mol. The highest BCUT2D eigenvalue weighted by atomic mass is 32.2. The Bertz CT molecular complexity index is 758. The zero-order valence-corrected chi connectivity index (χ0v) is 15.2. The molecule has 1 amide bonds. The molecule has 0 radical (unpaired) electrons. The van der Waals surface area contributed by atoms with E-state index in [1.54, 1.807) is 11.8 Å². The lowest BCUT2D eigenvalue weighted by molar-refractivity contribution is -0.121. The van der Waals surface area contributed by atoms with Crippen molar-refractivity contribution in [2.75, 3.05) is 11.4 Å². The summed E-state index contributed by atoms with van der Waals surface area (Å²) in [7, 11) is 0. The number of rotatable bonds is 4. The molecule has 3 atom stereocenters. The predicted molar refractivity (Wildman–Crippen MR) is 102 cm³/mol. The first-order chi connectivity index (χ1) is 12.6. The number of carbonyl (C=O) groups excluding carboxylic acids is 1. The SMILES string of the molecule is O=C(CCN1c2ccccc2Sc2ccccc21)NC1C[C@@H](O)[C@@H](O)C1. The highest BCUT2D eigenvalue weighted by Gasteiger charge is 2.32. The molecule has 1 saturated carbocycles. The van der Waals surface area contributed by atoms with E-state index in [0.29, 0.717) is 25.8 Å². The van der Waals surface area contributed by atoms with E-state index in [1.165, 1.54) is 9.79 Å². The van der Waals surface area contributed by atoms with Gasteiger partial charge in [0.2, 0.25) is 5.91 Å². The Morgan fingerprint density at radius 2 is 1.54 bits per heavy atom. The number of aliphatic hydroxyl groups is 2. The number of benzene rings is 2. The van der Waals surface area contributed by atoms with Gasteiger partial charge in [0.05, 0.1) is 23.6 Å². The number of para-hydroxylation sites is 2. The molecule has 3 N–H and O–H groups in total. The van der Waals surface area contributed by atoms with E-state index < -0.39 is 12.2 Å². The molecule has 1 unspecified atom stereocenters. The van der Waals surface area contributed by atoms with Crippen molar-refractivity contribution in [2.24, 2.45) is 0 Å². The van der Waals surface area contributed by atoms with E-state index >= 15 is 0 Å². The fraction of sp³-hybridized carbons (Fsp3) is 0.350. The van der Waals surface area contributed by atoms with Crippen LogP contribution in [0, 0.1) is 0 Å². The Kier molecular flexibility index (Phi) is 4.89. The van der Waals surface area contributed by atoms with Crippen molar-refractivity contribution in [3.8, 4) is 0 Å². The summed E-state index contributed by atoms with van der Waals surface area (Å²) >= 11 is 1.75. The predicted octanol–water partition coefficient (Wildman–Crippen LogP) is 2.68. The van der Waals surface area contributed by atoms with Crippen molar-refractivity contribution in [3.05, 3.63) is 48.5 Å². The van der Waals surface area contributed by atoms with Gasteiger partial charge in [0.15, 0.2) is 0 Å². The van der Waals surface area contributed by atoms with E-state index in [2.05, 4.69) is 34.5 Å². The lowest BCUT2D eigenvalue weighted by atomic mass is 10.2. The fourth-order valence-corrected chi connectivity index (χ4v) is 4.74. The Morgan fingerprint density at radius 3 is 2.12 bits per heavy atom. The number of anilines is 2. The van der Waals surface area contributed by atoms with E-state index in [9.17, 15) is 15.0 Å². The summed E-state index contributed by atoms with van der Waals surface area (Å²) < 4.78 is 0. The number of hydrogen-bond donors (Lipinski definition) is 3. The molecule has 2 aromatic carbocycles. The number of hydrogen-bond acceptors (Lipinski definition) is 5. The third kappa shape index (κ3) is 3.45. The van der Waals surface area contributed by atoms with Crippen LogP contribution in [0.5, 0.6) is 0 Å². The smallest absolute Gasteiger partial charge is 0.222 e. The molecular weight excluding hydrogens is 348 g/mol. The standard InChI is InChI=1S/C20H22N2O3S/c23-16-11-13(12-17(16)24)21-20(25)9-10-22-14-5-1-3-7-18(14)26-19-8-4-2-6-15(19)22/h1-8,13,16-17,23-24H,9-12H2,(H,21,25)/t13?,16-,17+. The first kappa shape index (κ1) is 17.4. The highest BCUT2D eigenvalue weighted by molar-refractivity contribution is 7.99. The summed E-state index contributed by atoms with van der Waals surface area (Å²) in [6, 6.07) is 16.3. The Hall–Kier alpha value is -2.02. The number of nitrogens with zero attached hydrogens (tertiary/aromatic N) is 1. The zero-order valence-electron chi connectivity index (χ0n) is 14.3. The van der Waals surface area contributed by atoms with Crippen molar-refractivity contribution in [1.82, 2.24) is 5.32 Å². The van der Waals surface area contributed by atoms with Crippen LogP contribution in [-0.2, 0) is 4.79 Å². The van der Waals surface area contributed by atoms with Crippen LogP contribution in [0.2, 0.25) is 0 Å². The summed E-state index contributed by atoms with van der Waals surface area (Å²) in [4.78, 5) is 16.9. The number of fused-ring (bicyclic) bond motifs is 2. The maximum atomic E-state index is 12.4. The van der Waals surface area contributed by atoms with Gasteiger partial charge in [-0.25, -0.2) is 0 Å². The molecule has 1 heterocycles. The fourth-order valence-electron chi connectivity index (χ4n) is 3.65. The minimum Gasteiger partial charge on any atom is -0.390 e. The van der Waals surface area contributed by atoms with Crippen LogP contribution < -0.4 is 10.2 Å². The van der Waals surface area contributed by atoms with Gasteiger partial charge in [0.25, 0.3) is 0 Å². The molecule has 2 aliphatic rings. The molecule has 0 aromatic heterocycles. The van der Waals surface area contributed by atoms with Crippen LogP contribution in [-0.4, -0.2) is 40.9 Å². The minimum absolute atomic E-state index is 0.0514. The average Bonchev–Trinajstić information content (AvgIpc) is 2.95. The monoisotopic (exact) mass is 370 g/mol. The van der Waals surface area contributed by atoms with Gasteiger partial charge in [-0.1, -0.05) is 36.0 Å². The summed E-state index contributed by atoms with van der Waals surface area (Å²) in [5, 5.41) is 22.2. The third-order valence-corrected chi connectivity index (χ3v) is 6.09. The van der Waals surface area contributed by atoms with Gasteiger partial charge in [-0.2, -0.15) is 0 Å². The Labute approximate surface area is 157 Å². The number of aliphatic hydroxyl groups excluding tert-OH is 2.